The smallest absolute Gasteiger partial charge is 0.254 e. The highest BCUT2D eigenvalue weighted by Crippen LogP contribution is 2.40. The number of amides is 3. The number of carbonyl (C=O) groups excluding carboxylic acids is 3. The van der Waals surface area contributed by atoms with E-state index in [1.54, 1.807) is 0 Å². The molecule has 8 heteroatoms. The van der Waals surface area contributed by atoms with Crippen LogP contribution in [0.5, 0.6) is 0 Å². The van der Waals surface area contributed by atoms with E-state index >= 15 is 0 Å². The zero-order chi connectivity index (χ0) is 27.1. The lowest BCUT2D eigenvalue weighted by Crippen LogP contribution is -2.40. The second-order valence-electron chi connectivity index (χ2n) is 10.1. The lowest BCUT2D eigenvalue weighted by atomic mass is 9.88. The van der Waals surface area contributed by atoms with Crippen LogP contribution < -0.4 is 5.73 Å². The molecular weight excluding hydrogens is 492 g/mol. The minimum Gasteiger partial charge on any atom is -0.378 e. The predicted octanol–water partition coefficient (Wildman–Crippen LogP) is 3.56. The summed E-state index contributed by atoms with van der Waals surface area (Å²) >= 11 is 0. The van der Waals surface area contributed by atoms with Crippen molar-refractivity contribution >= 4 is 39.5 Å². The van der Waals surface area contributed by atoms with Crippen molar-refractivity contribution in [2.75, 3.05) is 32.8 Å². The third-order valence-corrected chi connectivity index (χ3v) is 7.79. The summed E-state index contributed by atoms with van der Waals surface area (Å²) in [6, 6.07) is 16.0. The summed E-state index contributed by atoms with van der Waals surface area (Å²) in [6.45, 7) is 7.03. The number of nitrogens with one attached hydrogen (secondary N) is 1. The Morgan fingerprint density at radius 1 is 1.00 bits per heavy atom. The number of H-pyrrole nitrogens is 1. The molecular formula is C31H30N4O4. The third-order valence-electron chi connectivity index (χ3n) is 7.79. The molecule has 8 nitrogen and oxygen atoms in total. The van der Waals surface area contributed by atoms with Crippen LogP contribution in [-0.4, -0.2) is 65.4 Å². The summed E-state index contributed by atoms with van der Waals surface area (Å²) in [6.07, 6.45) is 2.20. The van der Waals surface area contributed by atoms with Crippen LogP contribution >= 0.6 is 0 Å². The minimum atomic E-state index is -0.407. The van der Waals surface area contributed by atoms with Crippen molar-refractivity contribution in [3.8, 4) is 11.1 Å². The molecule has 3 amide bonds. The Morgan fingerprint density at radius 3 is 2.59 bits per heavy atom. The summed E-state index contributed by atoms with van der Waals surface area (Å²) in [5.41, 5.74) is 13.1. The van der Waals surface area contributed by atoms with Crippen LogP contribution in [0.25, 0.3) is 32.9 Å². The molecule has 2 aliphatic heterocycles. The maximum atomic E-state index is 13.2. The standard InChI is InChI=1S/C31H30N4O4/c1-2-28(37)35-11-10-22-21(18-35)4-3-5-23(22)24-8-6-19(17-27(32)36)30-29(24)25-9-7-20(16-26(25)33-30)31(38)34-12-14-39-15-13-34/h2-9,16,33H,1,10-15,17-18H2,(H2,32,36). The molecule has 3 aromatic carbocycles. The van der Waals surface area contributed by atoms with E-state index < -0.39 is 5.91 Å². The molecule has 6 rings (SSSR count). The van der Waals surface area contributed by atoms with Crippen LogP contribution in [0.4, 0.5) is 0 Å². The van der Waals surface area contributed by atoms with E-state index in [1.807, 2.05) is 40.1 Å². The Balaban J connectivity index is 1.50. The zero-order valence-electron chi connectivity index (χ0n) is 21.7. The molecule has 39 heavy (non-hydrogen) atoms. The lowest BCUT2D eigenvalue weighted by Gasteiger charge is -2.29. The summed E-state index contributed by atoms with van der Waals surface area (Å²) in [5.74, 6) is -0.495. The largest absolute Gasteiger partial charge is 0.378 e. The van der Waals surface area contributed by atoms with E-state index in [0.29, 0.717) is 45.0 Å². The van der Waals surface area contributed by atoms with Gasteiger partial charge in [0.25, 0.3) is 5.91 Å². The second-order valence-corrected chi connectivity index (χ2v) is 10.1. The van der Waals surface area contributed by atoms with Crippen molar-refractivity contribution in [2.24, 2.45) is 5.73 Å². The van der Waals surface area contributed by atoms with Crippen LogP contribution in [-0.2, 0) is 33.7 Å². The first-order valence-corrected chi connectivity index (χ1v) is 13.2. The molecule has 3 heterocycles. The summed E-state index contributed by atoms with van der Waals surface area (Å²) in [5, 5.41) is 1.97. The molecule has 4 aromatic rings. The van der Waals surface area contributed by atoms with Gasteiger partial charge in [-0.15, -0.1) is 0 Å². The Labute approximate surface area is 226 Å². The highest BCUT2D eigenvalue weighted by Gasteiger charge is 2.24. The highest BCUT2D eigenvalue weighted by atomic mass is 16.5. The van der Waals surface area contributed by atoms with E-state index in [0.717, 1.165) is 50.5 Å². The number of nitrogens with two attached hydrogens (primary N) is 1. The third kappa shape index (κ3) is 4.46. The Hall–Kier alpha value is -4.43. The molecule has 0 bridgehead atoms. The molecule has 2 aliphatic rings. The topological polar surface area (TPSA) is 109 Å². The van der Waals surface area contributed by atoms with Gasteiger partial charge < -0.3 is 25.3 Å². The van der Waals surface area contributed by atoms with Crippen LogP contribution in [0, 0.1) is 0 Å². The van der Waals surface area contributed by atoms with E-state index in [9.17, 15) is 14.4 Å². The first-order chi connectivity index (χ1) is 18.9. The fourth-order valence-electron chi connectivity index (χ4n) is 5.89. The number of fused-ring (bicyclic) bond motifs is 4. The number of hydrogen-bond donors (Lipinski definition) is 2. The first kappa shape index (κ1) is 24.9. The maximum absolute atomic E-state index is 13.2. The van der Waals surface area contributed by atoms with E-state index in [4.69, 9.17) is 10.5 Å². The van der Waals surface area contributed by atoms with Crippen LogP contribution in [0.3, 0.4) is 0 Å². The van der Waals surface area contributed by atoms with Gasteiger partial charge in [-0.1, -0.05) is 43.0 Å². The lowest BCUT2D eigenvalue weighted by molar-refractivity contribution is -0.126. The molecule has 0 radical (unpaired) electrons. The molecule has 0 aliphatic carbocycles. The summed E-state index contributed by atoms with van der Waals surface area (Å²) < 4.78 is 5.40. The summed E-state index contributed by atoms with van der Waals surface area (Å²) in [4.78, 5) is 44.5. The van der Waals surface area contributed by atoms with E-state index in [-0.39, 0.29) is 18.2 Å². The molecule has 3 N–H and O–H groups in total. The fourth-order valence-corrected chi connectivity index (χ4v) is 5.89. The Bertz CT molecular complexity index is 1650. The van der Waals surface area contributed by atoms with Gasteiger partial charge in [0.05, 0.1) is 25.2 Å². The van der Waals surface area contributed by atoms with E-state index in [2.05, 4.69) is 29.8 Å². The molecule has 1 aromatic heterocycles. The highest BCUT2D eigenvalue weighted by molar-refractivity contribution is 6.16. The van der Waals surface area contributed by atoms with Crippen LogP contribution in [0.1, 0.15) is 27.0 Å². The monoisotopic (exact) mass is 522 g/mol. The second kappa shape index (κ2) is 10.0. The van der Waals surface area contributed by atoms with Crippen molar-refractivity contribution in [3.63, 3.8) is 0 Å². The molecule has 1 saturated heterocycles. The fraction of sp³-hybridized carbons (Fsp3) is 0.258. The molecule has 198 valence electrons. The molecule has 1 fully saturated rings. The number of benzene rings is 3. The molecule has 0 spiro atoms. The Morgan fingerprint density at radius 2 is 1.82 bits per heavy atom. The number of morpholine rings is 1. The average molecular weight is 523 g/mol. The Kier molecular flexibility index (Phi) is 6.40. The SMILES string of the molecule is C=CC(=O)N1CCc2c(cccc2-c2ccc(CC(N)=O)c3[nH]c4cc(C(=O)N5CCOCC5)ccc4c23)C1. The number of aromatic amines is 1. The van der Waals surface area contributed by atoms with Gasteiger partial charge in [-0.05, 0) is 52.4 Å². The summed E-state index contributed by atoms with van der Waals surface area (Å²) in [7, 11) is 0. The van der Waals surface area contributed by atoms with Gasteiger partial charge >= 0.3 is 0 Å². The molecule has 0 atom stereocenters. The number of nitrogens with zero attached hydrogens (tertiary/aromatic N) is 2. The number of rotatable bonds is 5. The normalized spacial score (nSPS) is 15.4. The maximum Gasteiger partial charge on any atom is 0.254 e. The van der Waals surface area contributed by atoms with Crippen LogP contribution in [0.2, 0.25) is 0 Å². The quantitative estimate of drug-likeness (QED) is 0.391. The number of carbonyl (C=O) groups is 3. The minimum absolute atomic E-state index is 0.0211. The van der Waals surface area contributed by atoms with Gasteiger partial charge in [0, 0.05) is 48.0 Å². The van der Waals surface area contributed by atoms with E-state index in [1.165, 1.54) is 11.6 Å². The number of hydrogen-bond acceptors (Lipinski definition) is 4. The number of primary amides is 1. The number of ether oxygens (including phenoxy) is 1. The van der Waals surface area contributed by atoms with Gasteiger partial charge in [-0.2, -0.15) is 0 Å². The van der Waals surface area contributed by atoms with Crippen molar-refractivity contribution in [3.05, 3.63) is 83.4 Å². The molecule has 0 unspecified atom stereocenters. The van der Waals surface area contributed by atoms with Gasteiger partial charge in [-0.3, -0.25) is 14.4 Å². The van der Waals surface area contributed by atoms with Crippen molar-refractivity contribution < 1.29 is 19.1 Å². The van der Waals surface area contributed by atoms with Gasteiger partial charge in [0.15, 0.2) is 0 Å². The predicted molar refractivity (Wildman–Crippen MR) is 150 cm³/mol. The van der Waals surface area contributed by atoms with Crippen molar-refractivity contribution in [1.82, 2.24) is 14.8 Å². The van der Waals surface area contributed by atoms with Crippen molar-refractivity contribution in [2.45, 2.75) is 19.4 Å². The zero-order valence-corrected chi connectivity index (χ0v) is 21.7. The van der Waals surface area contributed by atoms with Gasteiger partial charge in [-0.25, -0.2) is 0 Å². The first-order valence-electron chi connectivity index (χ1n) is 13.2. The van der Waals surface area contributed by atoms with Gasteiger partial charge in [0.2, 0.25) is 11.8 Å². The molecule has 0 saturated carbocycles. The average Bonchev–Trinajstić information content (AvgIpc) is 3.35. The van der Waals surface area contributed by atoms with Gasteiger partial charge in [0.1, 0.15) is 0 Å². The van der Waals surface area contributed by atoms with Crippen LogP contribution in [0.15, 0.2) is 61.2 Å². The number of aromatic nitrogens is 1. The van der Waals surface area contributed by atoms with Crippen molar-refractivity contribution in [1.29, 1.82) is 0 Å².